The van der Waals surface area contributed by atoms with Crippen molar-refractivity contribution in [2.24, 2.45) is 0 Å². The van der Waals surface area contributed by atoms with Gasteiger partial charge in [-0.05, 0) is 30.5 Å². The summed E-state index contributed by atoms with van der Waals surface area (Å²) < 4.78 is 0. The van der Waals surface area contributed by atoms with E-state index in [0.29, 0.717) is 5.56 Å². The maximum Gasteiger partial charge on any atom is 0.255 e. The van der Waals surface area contributed by atoms with Crippen LogP contribution in [0.5, 0.6) is 0 Å². The van der Waals surface area contributed by atoms with Crippen molar-refractivity contribution in [3.8, 4) is 0 Å². The smallest absolute Gasteiger partial charge is 0.255 e. The molecule has 2 N–H and O–H groups in total. The number of hydrogen-bond donors (Lipinski definition) is 2. The van der Waals surface area contributed by atoms with E-state index in [1.807, 2.05) is 36.6 Å². The molecule has 1 heterocycles. The zero-order valence-corrected chi connectivity index (χ0v) is 11.7. The van der Waals surface area contributed by atoms with Gasteiger partial charge < -0.3 is 5.32 Å². The van der Waals surface area contributed by atoms with Crippen LogP contribution in [0.25, 0.3) is 10.9 Å². The number of H-pyrrole nitrogens is 1. The van der Waals surface area contributed by atoms with Crippen molar-refractivity contribution in [1.82, 2.24) is 10.2 Å². The minimum absolute atomic E-state index is 0.122. The summed E-state index contributed by atoms with van der Waals surface area (Å²) in [6, 6.07) is 13.2. The van der Waals surface area contributed by atoms with Gasteiger partial charge in [0.1, 0.15) is 0 Å². The van der Waals surface area contributed by atoms with E-state index in [0.717, 1.165) is 21.5 Å². The molecular weight excluding hydrogens is 270 g/mol. The number of benzene rings is 2. The lowest BCUT2D eigenvalue weighted by atomic mass is 10.1. The van der Waals surface area contributed by atoms with E-state index in [-0.39, 0.29) is 5.91 Å². The molecule has 0 bridgehead atoms. The molecule has 3 rings (SSSR count). The Hall–Kier alpha value is -2.27. The van der Waals surface area contributed by atoms with E-state index in [2.05, 4.69) is 15.5 Å². The number of nitrogens with one attached hydrogen (secondary N) is 2. The van der Waals surface area contributed by atoms with Crippen LogP contribution >= 0.6 is 11.8 Å². The van der Waals surface area contributed by atoms with Crippen LogP contribution in [0, 0.1) is 0 Å². The Labute approximate surface area is 120 Å². The molecule has 0 aliphatic heterocycles. The average molecular weight is 283 g/mol. The molecule has 1 amide bonds. The standard InChI is InChI=1S/C15H13N3OS/c1-20-14-5-3-2-4-12(14)17-15(19)10-6-7-11-9-16-18-13(11)8-10/h2-9H,1H3,(H,16,18)(H,17,19). The van der Waals surface area contributed by atoms with Gasteiger partial charge in [-0.2, -0.15) is 5.10 Å². The van der Waals surface area contributed by atoms with E-state index in [4.69, 9.17) is 0 Å². The SMILES string of the molecule is CSc1ccccc1NC(=O)c1ccc2cn[nH]c2c1. The van der Waals surface area contributed by atoms with Gasteiger partial charge in [-0.15, -0.1) is 11.8 Å². The van der Waals surface area contributed by atoms with Gasteiger partial charge in [-0.1, -0.05) is 18.2 Å². The molecule has 20 heavy (non-hydrogen) atoms. The van der Waals surface area contributed by atoms with Crippen LogP contribution in [0.2, 0.25) is 0 Å². The van der Waals surface area contributed by atoms with Crippen molar-refractivity contribution in [3.05, 3.63) is 54.2 Å². The van der Waals surface area contributed by atoms with Crippen LogP contribution in [-0.4, -0.2) is 22.4 Å². The summed E-state index contributed by atoms with van der Waals surface area (Å²) in [7, 11) is 0. The van der Waals surface area contributed by atoms with Crippen LogP contribution in [0.15, 0.2) is 53.6 Å². The molecule has 5 heteroatoms. The number of carbonyl (C=O) groups is 1. The summed E-state index contributed by atoms with van der Waals surface area (Å²) in [5, 5.41) is 10.8. The molecule has 2 aromatic carbocycles. The molecule has 0 spiro atoms. The van der Waals surface area contributed by atoms with Gasteiger partial charge in [-0.25, -0.2) is 0 Å². The summed E-state index contributed by atoms with van der Waals surface area (Å²) in [5.74, 6) is -0.122. The molecule has 100 valence electrons. The first kappa shape index (κ1) is 12.7. The number of nitrogens with zero attached hydrogens (tertiary/aromatic N) is 1. The molecule has 0 saturated heterocycles. The minimum atomic E-state index is -0.122. The molecule has 0 radical (unpaired) electrons. The highest BCUT2D eigenvalue weighted by Gasteiger charge is 2.09. The highest BCUT2D eigenvalue weighted by molar-refractivity contribution is 7.98. The van der Waals surface area contributed by atoms with E-state index in [9.17, 15) is 4.79 Å². The summed E-state index contributed by atoms with van der Waals surface area (Å²) >= 11 is 1.61. The van der Waals surface area contributed by atoms with Gasteiger partial charge in [0.2, 0.25) is 0 Å². The summed E-state index contributed by atoms with van der Waals surface area (Å²) in [6.07, 6.45) is 3.72. The number of carbonyl (C=O) groups excluding carboxylic acids is 1. The number of anilines is 1. The Morgan fingerprint density at radius 2 is 2.10 bits per heavy atom. The second kappa shape index (κ2) is 5.38. The van der Waals surface area contributed by atoms with Gasteiger partial charge in [-0.3, -0.25) is 9.89 Å². The van der Waals surface area contributed by atoms with Crippen molar-refractivity contribution >= 4 is 34.3 Å². The highest BCUT2D eigenvalue weighted by atomic mass is 32.2. The molecule has 0 fully saturated rings. The van der Waals surface area contributed by atoms with Gasteiger partial charge in [0.25, 0.3) is 5.91 Å². The number of fused-ring (bicyclic) bond motifs is 1. The van der Waals surface area contributed by atoms with E-state index in [1.54, 1.807) is 30.1 Å². The lowest BCUT2D eigenvalue weighted by molar-refractivity contribution is 0.102. The summed E-state index contributed by atoms with van der Waals surface area (Å²) in [6.45, 7) is 0. The lowest BCUT2D eigenvalue weighted by Crippen LogP contribution is -2.12. The first-order valence-electron chi connectivity index (χ1n) is 6.15. The molecule has 3 aromatic rings. The van der Waals surface area contributed by atoms with Crippen LogP contribution < -0.4 is 5.32 Å². The molecule has 0 aliphatic rings. The monoisotopic (exact) mass is 283 g/mol. The third-order valence-electron chi connectivity index (χ3n) is 3.06. The van der Waals surface area contributed by atoms with Gasteiger partial charge >= 0.3 is 0 Å². The zero-order valence-electron chi connectivity index (χ0n) is 10.9. The molecule has 1 aromatic heterocycles. The van der Waals surface area contributed by atoms with Crippen molar-refractivity contribution in [1.29, 1.82) is 0 Å². The zero-order chi connectivity index (χ0) is 13.9. The Balaban J connectivity index is 1.88. The average Bonchev–Trinajstić information content (AvgIpc) is 2.95. The number of hydrogen-bond acceptors (Lipinski definition) is 3. The molecular formula is C15H13N3OS. The first-order valence-corrected chi connectivity index (χ1v) is 7.38. The minimum Gasteiger partial charge on any atom is -0.321 e. The predicted octanol–water partition coefficient (Wildman–Crippen LogP) is 3.54. The Kier molecular flexibility index (Phi) is 3.43. The Bertz CT molecular complexity index is 766. The maximum atomic E-state index is 12.3. The third-order valence-corrected chi connectivity index (χ3v) is 3.86. The maximum absolute atomic E-state index is 12.3. The van der Waals surface area contributed by atoms with Crippen LogP contribution in [0.4, 0.5) is 5.69 Å². The predicted molar refractivity (Wildman–Crippen MR) is 82.3 cm³/mol. The van der Waals surface area contributed by atoms with Crippen molar-refractivity contribution < 1.29 is 4.79 Å². The molecule has 0 unspecified atom stereocenters. The first-order chi connectivity index (χ1) is 9.78. The third kappa shape index (κ3) is 2.40. The van der Waals surface area contributed by atoms with Crippen molar-refractivity contribution in [2.45, 2.75) is 4.90 Å². The summed E-state index contributed by atoms with van der Waals surface area (Å²) in [5.41, 5.74) is 2.29. The number of rotatable bonds is 3. The Morgan fingerprint density at radius 3 is 2.95 bits per heavy atom. The number of para-hydroxylation sites is 1. The lowest BCUT2D eigenvalue weighted by Gasteiger charge is -2.09. The fraction of sp³-hybridized carbons (Fsp3) is 0.0667. The number of aromatic nitrogens is 2. The number of thioether (sulfide) groups is 1. The fourth-order valence-corrected chi connectivity index (χ4v) is 2.57. The molecule has 0 aliphatic carbocycles. The van der Waals surface area contributed by atoms with Gasteiger partial charge in [0.05, 0.1) is 17.4 Å². The fourth-order valence-electron chi connectivity index (χ4n) is 2.02. The second-order valence-electron chi connectivity index (χ2n) is 4.33. The van der Waals surface area contributed by atoms with Crippen molar-refractivity contribution in [2.75, 3.05) is 11.6 Å². The molecule has 0 atom stereocenters. The van der Waals surface area contributed by atoms with Crippen LogP contribution in [-0.2, 0) is 0 Å². The van der Waals surface area contributed by atoms with Crippen molar-refractivity contribution in [3.63, 3.8) is 0 Å². The molecule has 0 saturated carbocycles. The van der Waals surface area contributed by atoms with E-state index >= 15 is 0 Å². The Morgan fingerprint density at radius 1 is 1.25 bits per heavy atom. The molecule has 4 nitrogen and oxygen atoms in total. The number of amides is 1. The largest absolute Gasteiger partial charge is 0.321 e. The van der Waals surface area contributed by atoms with Crippen LogP contribution in [0.3, 0.4) is 0 Å². The number of aromatic amines is 1. The topological polar surface area (TPSA) is 57.8 Å². The van der Waals surface area contributed by atoms with Gasteiger partial charge in [0.15, 0.2) is 0 Å². The second-order valence-corrected chi connectivity index (χ2v) is 5.17. The highest BCUT2D eigenvalue weighted by Crippen LogP contribution is 2.25. The van der Waals surface area contributed by atoms with Gasteiger partial charge in [0, 0.05) is 15.8 Å². The quantitative estimate of drug-likeness (QED) is 0.723. The van der Waals surface area contributed by atoms with E-state index < -0.39 is 0 Å². The van der Waals surface area contributed by atoms with E-state index in [1.165, 1.54) is 0 Å². The normalized spacial score (nSPS) is 10.7. The van der Waals surface area contributed by atoms with Crippen LogP contribution in [0.1, 0.15) is 10.4 Å². The summed E-state index contributed by atoms with van der Waals surface area (Å²) in [4.78, 5) is 13.3.